The smallest absolute Gasteiger partial charge is 0.223 e. The maximum atomic E-state index is 12.9. The minimum absolute atomic E-state index is 0.175. The van der Waals surface area contributed by atoms with Crippen molar-refractivity contribution in [1.82, 2.24) is 14.7 Å². The molecule has 1 heterocycles. The summed E-state index contributed by atoms with van der Waals surface area (Å²) in [4.78, 5) is 30.8. The molecule has 5 nitrogen and oxygen atoms in total. The zero-order chi connectivity index (χ0) is 20.4. The van der Waals surface area contributed by atoms with E-state index in [9.17, 15) is 14.0 Å². The largest absolute Gasteiger partial charge is 0.339 e. The van der Waals surface area contributed by atoms with Gasteiger partial charge in [0.05, 0.1) is 0 Å². The van der Waals surface area contributed by atoms with Crippen molar-refractivity contribution in [1.29, 1.82) is 0 Å². The van der Waals surface area contributed by atoms with Gasteiger partial charge in [0.25, 0.3) is 0 Å². The average molecular weight is 392 g/mol. The zero-order valence-corrected chi connectivity index (χ0v) is 17.3. The van der Waals surface area contributed by atoms with E-state index in [-0.39, 0.29) is 17.6 Å². The van der Waals surface area contributed by atoms with E-state index in [1.165, 1.54) is 12.1 Å². The molecule has 1 fully saturated rings. The standard InChI is InChI=1S/C22H34FN3O2/c1-3-24(4-2)14-13-22(28)26-17-15-25(16-18-26)21(27)8-6-5-7-19-9-11-20(23)12-10-19/h9-12H,3-8,13-18H2,1-2H3. The van der Waals surface area contributed by atoms with Gasteiger partial charge in [-0.3, -0.25) is 9.59 Å². The molecule has 1 aliphatic rings. The van der Waals surface area contributed by atoms with E-state index in [0.717, 1.165) is 44.5 Å². The molecule has 0 aliphatic carbocycles. The summed E-state index contributed by atoms with van der Waals surface area (Å²) in [5.74, 6) is 0.150. The second kappa shape index (κ2) is 11.8. The summed E-state index contributed by atoms with van der Waals surface area (Å²) in [7, 11) is 0. The van der Waals surface area contributed by atoms with Gasteiger partial charge in [-0.1, -0.05) is 26.0 Å². The van der Waals surface area contributed by atoms with Crippen molar-refractivity contribution in [3.8, 4) is 0 Å². The van der Waals surface area contributed by atoms with Gasteiger partial charge in [0.2, 0.25) is 11.8 Å². The topological polar surface area (TPSA) is 43.9 Å². The molecule has 0 spiro atoms. The Morgan fingerprint density at radius 3 is 1.96 bits per heavy atom. The minimum Gasteiger partial charge on any atom is -0.339 e. The fourth-order valence-electron chi connectivity index (χ4n) is 3.57. The Morgan fingerprint density at radius 1 is 0.893 bits per heavy atom. The molecule has 1 aliphatic heterocycles. The third kappa shape index (κ3) is 7.23. The van der Waals surface area contributed by atoms with Crippen LogP contribution in [0.2, 0.25) is 0 Å². The number of aryl methyl sites for hydroxylation is 1. The predicted octanol–water partition coefficient (Wildman–Crippen LogP) is 2.94. The Balaban J connectivity index is 1.62. The highest BCUT2D eigenvalue weighted by atomic mass is 19.1. The van der Waals surface area contributed by atoms with Crippen LogP contribution in [0.3, 0.4) is 0 Å². The Hall–Kier alpha value is -1.95. The van der Waals surface area contributed by atoms with Crippen LogP contribution >= 0.6 is 0 Å². The lowest BCUT2D eigenvalue weighted by atomic mass is 10.1. The van der Waals surface area contributed by atoms with Crippen LogP contribution in [0, 0.1) is 5.82 Å². The molecular formula is C22H34FN3O2. The molecule has 2 amide bonds. The predicted molar refractivity (Wildman–Crippen MR) is 110 cm³/mol. The molecule has 1 aromatic rings. The highest BCUT2D eigenvalue weighted by Gasteiger charge is 2.23. The summed E-state index contributed by atoms with van der Waals surface area (Å²) in [6.45, 7) is 9.49. The van der Waals surface area contributed by atoms with E-state index in [1.54, 1.807) is 12.1 Å². The van der Waals surface area contributed by atoms with Crippen LogP contribution in [0.4, 0.5) is 4.39 Å². The van der Waals surface area contributed by atoms with Crippen LogP contribution in [0.1, 0.15) is 45.1 Å². The first kappa shape index (κ1) is 22.3. The van der Waals surface area contributed by atoms with Gasteiger partial charge in [0.15, 0.2) is 0 Å². The van der Waals surface area contributed by atoms with E-state index in [1.807, 2.05) is 9.80 Å². The number of benzene rings is 1. The van der Waals surface area contributed by atoms with Gasteiger partial charge in [0, 0.05) is 45.6 Å². The van der Waals surface area contributed by atoms with E-state index < -0.39 is 0 Å². The second-order valence-corrected chi connectivity index (χ2v) is 7.37. The molecule has 0 bridgehead atoms. The monoisotopic (exact) mass is 391 g/mol. The quantitative estimate of drug-likeness (QED) is 0.576. The third-order valence-corrected chi connectivity index (χ3v) is 5.54. The number of unbranched alkanes of at least 4 members (excludes halogenated alkanes) is 1. The number of halogens is 1. The Morgan fingerprint density at radius 2 is 1.43 bits per heavy atom. The van der Waals surface area contributed by atoms with E-state index in [0.29, 0.717) is 39.0 Å². The highest BCUT2D eigenvalue weighted by Crippen LogP contribution is 2.11. The first-order valence-electron chi connectivity index (χ1n) is 10.6. The molecule has 0 radical (unpaired) electrons. The van der Waals surface area contributed by atoms with Crippen molar-refractivity contribution in [3.05, 3.63) is 35.6 Å². The minimum atomic E-state index is -0.218. The van der Waals surface area contributed by atoms with Crippen LogP contribution in [0.15, 0.2) is 24.3 Å². The molecule has 28 heavy (non-hydrogen) atoms. The number of amides is 2. The molecule has 2 rings (SSSR count). The summed E-state index contributed by atoms with van der Waals surface area (Å²) < 4.78 is 12.9. The number of nitrogens with zero attached hydrogens (tertiary/aromatic N) is 3. The highest BCUT2D eigenvalue weighted by molar-refractivity contribution is 5.78. The lowest BCUT2D eigenvalue weighted by Gasteiger charge is -2.35. The van der Waals surface area contributed by atoms with E-state index in [4.69, 9.17) is 0 Å². The van der Waals surface area contributed by atoms with Crippen molar-refractivity contribution in [2.75, 3.05) is 45.8 Å². The lowest BCUT2D eigenvalue weighted by molar-refractivity contribution is -0.139. The third-order valence-electron chi connectivity index (χ3n) is 5.54. The SMILES string of the molecule is CCN(CC)CCC(=O)N1CCN(C(=O)CCCCc2ccc(F)cc2)CC1. The van der Waals surface area contributed by atoms with E-state index in [2.05, 4.69) is 18.7 Å². The Bertz CT molecular complexity index is 609. The Kier molecular flexibility index (Phi) is 9.41. The van der Waals surface area contributed by atoms with Gasteiger partial charge in [-0.25, -0.2) is 4.39 Å². The molecule has 0 unspecified atom stereocenters. The molecule has 0 saturated carbocycles. The van der Waals surface area contributed by atoms with Crippen molar-refractivity contribution in [2.24, 2.45) is 0 Å². The zero-order valence-electron chi connectivity index (χ0n) is 17.3. The van der Waals surface area contributed by atoms with Crippen molar-refractivity contribution in [2.45, 2.75) is 46.0 Å². The molecule has 0 atom stereocenters. The summed E-state index contributed by atoms with van der Waals surface area (Å²) in [5.41, 5.74) is 1.10. The Labute approximate surface area is 168 Å². The van der Waals surface area contributed by atoms with Gasteiger partial charge in [-0.2, -0.15) is 0 Å². The van der Waals surface area contributed by atoms with Crippen LogP contribution in [-0.4, -0.2) is 72.3 Å². The number of hydrogen-bond donors (Lipinski definition) is 0. The number of piperazine rings is 1. The molecular weight excluding hydrogens is 357 g/mol. The first-order valence-corrected chi connectivity index (χ1v) is 10.6. The van der Waals surface area contributed by atoms with Crippen molar-refractivity contribution in [3.63, 3.8) is 0 Å². The maximum Gasteiger partial charge on any atom is 0.223 e. The van der Waals surface area contributed by atoms with Crippen LogP contribution in [-0.2, 0) is 16.0 Å². The van der Waals surface area contributed by atoms with Gasteiger partial charge in [-0.15, -0.1) is 0 Å². The fraction of sp³-hybridized carbons (Fsp3) is 0.636. The van der Waals surface area contributed by atoms with Crippen LogP contribution in [0.5, 0.6) is 0 Å². The molecule has 0 aromatic heterocycles. The number of carbonyl (C=O) groups is 2. The molecule has 1 aromatic carbocycles. The average Bonchev–Trinajstić information content (AvgIpc) is 2.73. The van der Waals surface area contributed by atoms with Crippen LogP contribution in [0.25, 0.3) is 0 Å². The van der Waals surface area contributed by atoms with Crippen molar-refractivity contribution < 1.29 is 14.0 Å². The summed E-state index contributed by atoms with van der Waals surface area (Å²) in [6, 6.07) is 6.55. The van der Waals surface area contributed by atoms with Gasteiger partial charge < -0.3 is 14.7 Å². The fourth-order valence-corrected chi connectivity index (χ4v) is 3.57. The molecule has 6 heteroatoms. The first-order chi connectivity index (χ1) is 13.5. The normalized spacial score (nSPS) is 14.6. The number of carbonyl (C=O) groups excluding carboxylic acids is 2. The molecule has 156 valence electrons. The van der Waals surface area contributed by atoms with Gasteiger partial charge >= 0.3 is 0 Å². The van der Waals surface area contributed by atoms with Crippen molar-refractivity contribution >= 4 is 11.8 Å². The van der Waals surface area contributed by atoms with Crippen LogP contribution < -0.4 is 0 Å². The molecule has 1 saturated heterocycles. The summed E-state index contributed by atoms with van der Waals surface area (Å²) in [6.07, 6.45) is 3.71. The lowest BCUT2D eigenvalue weighted by Crippen LogP contribution is -2.51. The maximum absolute atomic E-state index is 12.9. The summed E-state index contributed by atoms with van der Waals surface area (Å²) >= 11 is 0. The van der Waals surface area contributed by atoms with Gasteiger partial charge in [0.1, 0.15) is 5.82 Å². The summed E-state index contributed by atoms with van der Waals surface area (Å²) in [5, 5.41) is 0. The number of hydrogen-bond acceptors (Lipinski definition) is 3. The second-order valence-electron chi connectivity index (χ2n) is 7.37. The van der Waals surface area contributed by atoms with E-state index >= 15 is 0 Å². The molecule has 0 N–H and O–H groups in total. The van der Waals surface area contributed by atoms with Gasteiger partial charge in [-0.05, 0) is 50.0 Å². The number of rotatable bonds is 10.